The maximum absolute atomic E-state index is 13.9. The van der Waals surface area contributed by atoms with Gasteiger partial charge < -0.3 is 24.8 Å². The number of carbonyl (C=O) groups excluding carboxylic acids is 1. The Bertz CT molecular complexity index is 1510. The number of methoxy groups -OCH3 is 2. The predicted octanol–water partition coefficient (Wildman–Crippen LogP) is 5.29. The van der Waals surface area contributed by atoms with Crippen LogP contribution >= 0.6 is 0 Å². The summed E-state index contributed by atoms with van der Waals surface area (Å²) in [6, 6.07) is 21.9. The fraction of sp³-hybridized carbons (Fsp3) is 0.207. The molecule has 0 spiro atoms. The van der Waals surface area contributed by atoms with Crippen LogP contribution in [0.25, 0.3) is 11.4 Å². The highest BCUT2D eigenvalue weighted by atomic mass is 16.5. The molecule has 194 valence electrons. The molecule has 0 saturated carbocycles. The van der Waals surface area contributed by atoms with Gasteiger partial charge in [-0.1, -0.05) is 42.5 Å². The van der Waals surface area contributed by atoms with Crippen LogP contribution in [0.3, 0.4) is 0 Å². The topological polar surface area (TPSA) is 99.5 Å². The molecule has 0 fully saturated rings. The van der Waals surface area contributed by atoms with Crippen molar-refractivity contribution in [2.75, 3.05) is 31.5 Å². The summed E-state index contributed by atoms with van der Waals surface area (Å²) in [6.45, 7) is 4.26. The van der Waals surface area contributed by atoms with E-state index in [1.807, 2.05) is 74.5 Å². The number of allylic oxidation sites excluding steroid dienone is 1. The minimum Gasteiger partial charge on any atom is -0.496 e. The molecule has 0 bridgehead atoms. The summed E-state index contributed by atoms with van der Waals surface area (Å²) in [4.78, 5) is 18.7. The number of ether oxygens (including phenoxy) is 3. The fourth-order valence-corrected chi connectivity index (χ4v) is 4.61. The SMILES string of the molecule is CCOc1ccccc1C1C(C(=O)Nc2ccccc2OC)=C(C)Nc2nc(-c3ccccc3OC)nn21. The van der Waals surface area contributed by atoms with E-state index in [0.29, 0.717) is 52.6 Å². The van der Waals surface area contributed by atoms with Crippen molar-refractivity contribution in [3.63, 3.8) is 0 Å². The van der Waals surface area contributed by atoms with Crippen molar-refractivity contribution in [1.82, 2.24) is 14.8 Å². The molecule has 0 aliphatic carbocycles. The molecule has 0 radical (unpaired) electrons. The Morgan fingerprint density at radius 3 is 2.34 bits per heavy atom. The van der Waals surface area contributed by atoms with Gasteiger partial charge in [-0.2, -0.15) is 4.98 Å². The van der Waals surface area contributed by atoms with Gasteiger partial charge in [-0.25, -0.2) is 4.68 Å². The summed E-state index contributed by atoms with van der Waals surface area (Å²) in [5.74, 6) is 2.57. The van der Waals surface area contributed by atoms with E-state index >= 15 is 0 Å². The molecule has 38 heavy (non-hydrogen) atoms. The van der Waals surface area contributed by atoms with E-state index in [1.165, 1.54) is 0 Å². The molecule has 1 atom stereocenters. The fourth-order valence-electron chi connectivity index (χ4n) is 4.61. The third-order valence-electron chi connectivity index (χ3n) is 6.31. The average Bonchev–Trinajstić information content (AvgIpc) is 3.36. The van der Waals surface area contributed by atoms with E-state index in [2.05, 4.69) is 10.6 Å². The molecule has 1 aromatic heterocycles. The second-order valence-corrected chi connectivity index (χ2v) is 8.60. The Kier molecular flexibility index (Phi) is 6.99. The first-order valence-corrected chi connectivity index (χ1v) is 12.3. The molecular weight excluding hydrogens is 482 g/mol. The third kappa shape index (κ3) is 4.54. The zero-order chi connectivity index (χ0) is 26.6. The Labute approximate surface area is 221 Å². The number of nitrogens with zero attached hydrogens (tertiary/aromatic N) is 3. The van der Waals surface area contributed by atoms with Crippen LogP contribution in [-0.2, 0) is 4.79 Å². The molecule has 1 unspecified atom stereocenters. The van der Waals surface area contributed by atoms with Crippen molar-refractivity contribution < 1.29 is 19.0 Å². The lowest BCUT2D eigenvalue weighted by atomic mass is 9.94. The van der Waals surface area contributed by atoms with Gasteiger partial charge >= 0.3 is 0 Å². The number of hydrogen-bond acceptors (Lipinski definition) is 7. The lowest BCUT2D eigenvalue weighted by Gasteiger charge is -2.29. The molecule has 1 amide bonds. The largest absolute Gasteiger partial charge is 0.496 e. The number of fused-ring (bicyclic) bond motifs is 1. The molecule has 0 saturated heterocycles. The molecule has 1 aliphatic heterocycles. The molecular formula is C29H29N5O4. The third-order valence-corrected chi connectivity index (χ3v) is 6.31. The molecule has 3 aromatic carbocycles. The van der Waals surface area contributed by atoms with E-state index in [9.17, 15) is 4.79 Å². The normalized spacial score (nSPS) is 14.4. The molecule has 1 aliphatic rings. The van der Waals surface area contributed by atoms with Gasteiger partial charge in [0.2, 0.25) is 5.95 Å². The van der Waals surface area contributed by atoms with Crippen LogP contribution in [0.4, 0.5) is 11.6 Å². The summed E-state index contributed by atoms with van der Waals surface area (Å²) in [6.07, 6.45) is 0. The lowest BCUT2D eigenvalue weighted by molar-refractivity contribution is -0.113. The maximum atomic E-state index is 13.9. The van der Waals surface area contributed by atoms with Crippen LogP contribution in [0.1, 0.15) is 25.5 Å². The van der Waals surface area contributed by atoms with Crippen molar-refractivity contribution in [1.29, 1.82) is 0 Å². The number of amides is 1. The second kappa shape index (κ2) is 10.7. The van der Waals surface area contributed by atoms with Crippen LogP contribution < -0.4 is 24.8 Å². The average molecular weight is 512 g/mol. The first-order valence-electron chi connectivity index (χ1n) is 12.3. The van der Waals surface area contributed by atoms with Crippen LogP contribution in [0, 0.1) is 0 Å². The van der Waals surface area contributed by atoms with Crippen LogP contribution in [0.2, 0.25) is 0 Å². The summed E-state index contributed by atoms with van der Waals surface area (Å²) in [7, 11) is 3.18. The number of rotatable bonds is 8. The first kappa shape index (κ1) is 24.9. The highest BCUT2D eigenvalue weighted by molar-refractivity contribution is 6.06. The quantitative estimate of drug-likeness (QED) is 0.332. The summed E-state index contributed by atoms with van der Waals surface area (Å²) in [5, 5.41) is 11.2. The van der Waals surface area contributed by atoms with E-state index in [-0.39, 0.29) is 5.91 Å². The van der Waals surface area contributed by atoms with Gasteiger partial charge in [0.05, 0.1) is 37.7 Å². The van der Waals surface area contributed by atoms with Crippen LogP contribution in [0.15, 0.2) is 84.1 Å². The molecule has 4 aromatic rings. The predicted molar refractivity (Wildman–Crippen MR) is 146 cm³/mol. The van der Waals surface area contributed by atoms with E-state index < -0.39 is 6.04 Å². The van der Waals surface area contributed by atoms with Gasteiger partial charge in [0.1, 0.15) is 23.3 Å². The van der Waals surface area contributed by atoms with Crippen LogP contribution in [-0.4, -0.2) is 41.5 Å². The van der Waals surface area contributed by atoms with E-state index in [4.69, 9.17) is 24.3 Å². The van der Waals surface area contributed by atoms with Gasteiger partial charge in [-0.05, 0) is 44.2 Å². The van der Waals surface area contributed by atoms with Gasteiger partial charge in [0.15, 0.2) is 5.82 Å². The molecule has 9 nitrogen and oxygen atoms in total. The van der Waals surface area contributed by atoms with Crippen LogP contribution in [0.5, 0.6) is 17.2 Å². The Hall–Kier alpha value is -4.79. The summed E-state index contributed by atoms with van der Waals surface area (Å²) in [5.41, 5.74) is 3.23. The van der Waals surface area contributed by atoms with E-state index in [0.717, 1.165) is 11.1 Å². The molecule has 5 rings (SSSR count). The zero-order valence-electron chi connectivity index (χ0n) is 21.7. The number of aromatic nitrogens is 3. The smallest absolute Gasteiger partial charge is 0.255 e. The molecule has 2 N–H and O–H groups in total. The first-order chi connectivity index (χ1) is 18.5. The van der Waals surface area contributed by atoms with Gasteiger partial charge in [-0.3, -0.25) is 4.79 Å². The summed E-state index contributed by atoms with van der Waals surface area (Å²) < 4.78 is 18.7. The van der Waals surface area contributed by atoms with E-state index in [1.54, 1.807) is 31.0 Å². The lowest BCUT2D eigenvalue weighted by Crippen LogP contribution is -2.31. The monoisotopic (exact) mass is 511 g/mol. The Balaban J connectivity index is 1.65. The number of carbonyl (C=O) groups is 1. The second-order valence-electron chi connectivity index (χ2n) is 8.60. The van der Waals surface area contributed by atoms with Gasteiger partial charge in [-0.15, -0.1) is 5.10 Å². The number of benzene rings is 3. The highest BCUT2D eigenvalue weighted by Crippen LogP contribution is 2.41. The van der Waals surface area contributed by atoms with Gasteiger partial charge in [0.25, 0.3) is 5.91 Å². The minimum atomic E-state index is -0.611. The maximum Gasteiger partial charge on any atom is 0.255 e. The van der Waals surface area contributed by atoms with Crippen molar-refractivity contribution in [2.45, 2.75) is 19.9 Å². The number of anilines is 2. The highest BCUT2D eigenvalue weighted by Gasteiger charge is 2.36. The van der Waals surface area contributed by atoms with Crippen molar-refractivity contribution >= 4 is 17.5 Å². The van der Waals surface area contributed by atoms with Crippen molar-refractivity contribution in [3.8, 4) is 28.6 Å². The number of para-hydroxylation sites is 4. The Morgan fingerprint density at radius 2 is 1.61 bits per heavy atom. The minimum absolute atomic E-state index is 0.296. The Morgan fingerprint density at radius 1 is 0.947 bits per heavy atom. The standard InChI is InChI=1S/C29H29N5O4/c1-5-38-23-16-10-6-12-19(23)26-25(28(35)31-21-14-8-11-17-24(21)37-4)18(2)30-29-32-27(33-34(26)29)20-13-7-9-15-22(20)36-3/h6-17,26H,5H2,1-4H3,(H,31,35)(H,30,32,33). The zero-order valence-corrected chi connectivity index (χ0v) is 21.7. The summed E-state index contributed by atoms with van der Waals surface area (Å²) >= 11 is 0. The van der Waals surface area contributed by atoms with Crippen molar-refractivity contribution in [2.24, 2.45) is 0 Å². The molecule has 2 heterocycles. The van der Waals surface area contributed by atoms with Crippen molar-refractivity contribution in [3.05, 3.63) is 89.6 Å². The molecule has 9 heteroatoms. The van der Waals surface area contributed by atoms with Gasteiger partial charge in [0, 0.05) is 11.3 Å². The number of hydrogen-bond donors (Lipinski definition) is 2. The number of nitrogens with one attached hydrogen (secondary N) is 2.